The number of H-pyrrole nitrogens is 1. The first-order valence-corrected chi connectivity index (χ1v) is 12.2. The highest BCUT2D eigenvalue weighted by atomic mass is 16.5. The molecule has 0 spiro atoms. The van der Waals surface area contributed by atoms with Crippen LogP contribution in [0.3, 0.4) is 0 Å². The summed E-state index contributed by atoms with van der Waals surface area (Å²) in [4.78, 5) is 29.0. The molecule has 4 aromatic rings. The van der Waals surface area contributed by atoms with Gasteiger partial charge in [-0.15, -0.1) is 0 Å². The molecule has 2 heterocycles. The number of aromatic nitrogens is 3. The van der Waals surface area contributed by atoms with E-state index in [9.17, 15) is 9.59 Å². The van der Waals surface area contributed by atoms with E-state index in [1.54, 1.807) is 36.5 Å². The van der Waals surface area contributed by atoms with Crippen molar-refractivity contribution in [2.24, 2.45) is 5.73 Å². The fourth-order valence-electron chi connectivity index (χ4n) is 3.94. The summed E-state index contributed by atoms with van der Waals surface area (Å²) in [6.07, 6.45) is 1.62. The summed E-state index contributed by atoms with van der Waals surface area (Å²) in [5, 5.41) is 13.4. The van der Waals surface area contributed by atoms with Crippen molar-refractivity contribution in [2.45, 2.75) is 46.0 Å². The molecule has 0 saturated carbocycles. The number of carbonyl (C=O) groups is 2. The molecular formula is C28H32N6O4. The molecule has 38 heavy (non-hydrogen) atoms. The van der Waals surface area contributed by atoms with Crippen molar-refractivity contribution in [3.8, 4) is 17.2 Å². The van der Waals surface area contributed by atoms with Gasteiger partial charge in [0, 0.05) is 34.8 Å². The first-order valence-electron chi connectivity index (χ1n) is 12.2. The molecule has 0 atom stereocenters. The van der Waals surface area contributed by atoms with Crippen molar-refractivity contribution in [1.29, 1.82) is 0 Å². The number of nitrogens with zero attached hydrogens (tertiary/aromatic N) is 2. The maximum absolute atomic E-state index is 12.6. The van der Waals surface area contributed by atoms with E-state index in [0.717, 1.165) is 11.3 Å². The molecule has 2 aromatic carbocycles. The molecule has 5 N–H and O–H groups in total. The third-order valence-corrected chi connectivity index (χ3v) is 5.99. The van der Waals surface area contributed by atoms with Gasteiger partial charge in [-0.3, -0.25) is 20.2 Å². The third kappa shape index (κ3) is 5.69. The standard InChI is InChI=1S/C28H32N6O4/c1-15(2)17-11-16(31-27(36)32-25-14-24(33-34-25)28(3,4)5)7-8-21(17)38-22-9-10-30-20-13-23(37-6)19(26(29)35)12-18(20)22/h7-15H,1-6H3,(H2,29,35)(H3,31,32,33,34,36). The van der Waals surface area contributed by atoms with Crippen LogP contribution >= 0.6 is 0 Å². The van der Waals surface area contributed by atoms with Crippen LogP contribution in [0.25, 0.3) is 10.9 Å². The Balaban J connectivity index is 1.58. The van der Waals surface area contributed by atoms with Crippen LogP contribution in [0.5, 0.6) is 17.2 Å². The summed E-state index contributed by atoms with van der Waals surface area (Å²) in [7, 11) is 1.47. The van der Waals surface area contributed by atoms with E-state index in [4.69, 9.17) is 15.2 Å². The molecule has 3 amide bonds. The SMILES string of the molecule is COc1cc2nccc(Oc3ccc(NC(=O)Nc4cc(C(C)(C)C)n[nH]4)cc3C(C)C)c2cc1C(N)=O. The third-order valence-electron chi connectivity index (χ3n) is 5.99. The van der Waals surface area contributed by atoms with Gasteiger partial charge in [0.2, 0.25) is 0 Å². The van der Waals surface area contributed by atoms with Crippen molar-refractivity contribution in [3.63, 3.8) is 0 Å². The molecule has 0 radical (unpaired) electrons. The lowest BCUT2D eigenvalue weighted by Gasteiger charge is -2.17. The number of anilines is 2. The van der Waals surface area contributed by atoms with Gasteiger partial charge in [-0.25, -0.2) is 4.79 Å². The number of nitrogens with two attached hydrogens (primary N) is 1. The Hall–Kier alpha value is -4.60. The maximum Gasteiger partial charge on any atom is 0.324 e. The lowest BCUT2D eigenvalue weighted by molar-refractivity contribution is 0.0997. The summed E-state index contributed by atoms with van der Waals surface area (Å²) in [5.74, 6) is 1.45. The van der Waals surface area contributed by atoms with Crippen LogP contribution < -0.4 is 25.8 Å². The second-order valence-electron chi connectivity index (χ2n) is 10.2. The van der Waals surface area contributed by atoms with Gasteiger partial charge in [0.1, 0.15) is 23.1 Å². The van der Waals surface area contributed by atoms with Crippen LogP contribution in [0.2, 0.25) is 0 Å². The van der Waals surface area contributed by atoms with Gasteiger partial charge in [0.25, 0.3) is 5.91 Å². The molecule has 10 nitrogen and oxygen atoms in total. The number of aromatic amines is 1. The number of methoxy groups -OCH3 is 1. The second kappa shape index (κ2) is 10.4. The molecular weight excluding hydrogens is 484 g/mol. The summed E-state index contributed by atoms with van der Waals surface area (Å²) in [6.45, 7) is 10.2. The number of benzene rings is 2. The number of rotatable bonds is 7. The normalized spacial score (nSPS) is 11.4. The minimum absolute atomic E-state index is 0.0890. The Labute approximate surface area is 220 Å². The minimum atomic E-state index is -0.611. The van der Waals surface area contributed by atoms with Gasteiger partial charge < -0.3 is 20.5 Å². The lowest BCUT2D eigenvalue weighted by atomic mass is 9.92. The second-order valence-corrected chi connectivity index (χ2v) is 10.2. The van der Waals surface area contributed by atoms with E-state index in [1.807, 2.05) is 46.8 Å². The van der Waals surface area contributed by atoms with E-state index in [2.05, 4.69) is 25.8 Å². The van der Waals surface area contributed by atoms with Gasteiger partial charge >= 0.3 is 6.03 Å². The Morgan fingerprint density at radius 3 is 2.39 bits per heavy atom. The van der Waals surface area contributed by atoms with Crippen molar-refractivity contribution in [3.05, 3.63) is 65.5 Å². The number of ether oxygens (including phenoxy) is 2. The predicted molar refractivity (Wildman–Crippen MR) is 147 cm³/mol. The molecule has 0 unspecified atom stereocenters. The van der Waals surface area contributed by atoms with E-state index >= 15 is 0 Å². The zero-order valence-corrected chi connectivity index (χ0v) is 22.3. The number of nitrogens with one attached hydrogen (secondary N) is 3. The first-order chi connectivity index (χ1) is 18.0. The predicted octanol–water partition coefficient (Wildman–Crippen LogP) is 5.92. The molecule has 4 rings (SSSR count). The Kier molecular flexibility index (Phi) is 7.25. The number of carbonyl (C=O) groups excluding carboxylic acids is 2. The highest BCUT2D eigenvalue weighted by molar-refractivity contribution is 6.01. The smallest absolute Gasteiger partial charge is 0.324 e. The van der Waals surface area contributed by atoms with Crippen molar-refractivity contribution in [1.82, 2.24) is 15.2 Å². The fraction of sp³-hybridized carbons (Fsp3) is 0.286. The number of urea groups is 1. The number of primary amides is 1. The zero-order chi connectivity index (χ0) is 27.6. The maximum atomic E-state index is 12.6. The number of hydrogen-bond acceptors (Lipinski definition) is 6. The molecule has 0 bridgehead atoms. The van der Waals surface area contributed by atoms with E-state index in [1.165, 1.54) is 7.11 Å². The highest BCUT2D eigenvalue weighted by Gasteiger charge is 2.19. The van der Waals surface area contributed by atoms with Gasteiger partial charge in [-0.1, -0.05) is 34.6 Å². The van der Waals surface area contributed by atoms with Crippen LogP contribution in [0.15, 0.2) is 48.7 Å². The average Bonchev–Trinajstić information content (AvgIpc) is 3.33. The summed E-state index contributed by atoms with van der Waals surface area (Å²) >= 11 is 0. The van der Waals surface area contributed by atoms with Crippen molar-refractivity contribution in [2.75, 3.05) is 17.7 Å². The molecule has 198 valence electrons. The van der Waals surface area contributed by atoms with Crippen LogP contribution in [0, 0.1) is 0 Å². The molecule has 10 heteroatoms. The average molecular weight is 517 g/mol. The largest absolute Gasteiger partial charge is 0.496 e. The zero-order valence-electron chi connectivity index (χ0n) is 22.3. The van der Waals surface area contributed by atoms with Crippen LogP contribution in [0.1, 0.15) is 62.2 Å². The topological polar surface area (TPSA) is 144 Å². The fourth-order valence-corrected chi connectivity index (χ4v) is 3.94. The molecule has 0 fully saturated rings. The Bertz CT molecular complexity index is 1500. The summed E-state index contributed by atoms with van der Waals surface area (Å²) in [5.41, 5.74) is 8.58. The molecule has 2 aromatic heterocycles. The van der Waals surface area contributed by atoms with Crippen LogP contribution in [0.4, 0.5) is 16.3 Å². The van der Waals surface area contributed by atoms with E-state index in [0.29, 0.717) is 39.7 Å². The molecule has 0 aliphatic carbocycles. The van der Waals surface area contributed by atoms with Gasteiger partial charge in [-0.05, 0) is 41.8 Å². The van der Waals surface area contributed by atoms with Gasteiger partial charge in [-0.2, -0.15) is 5.10 Å². The summed E-state index contributed by atoms with van der Waals surface area (Å²) < 4.78 is 11.6. The monoisotopic (exact) mass is 516 g/mol. The number of fused-ring (bicyclic) bond motifs is 1. The van der Waals surface area contributed by atoms with Crippen molar-refractivity contribution < 1.29 is 19.1 Å². The first kappa shape index (κ1) is 26.5. The van der Waals surface area contributed by atoms with Crippen LogP contribution in [-0.2, 0) is 5.41 Å². The van der Waals surface area contributed by atoms with Gasteiger partial charge in [0.15, 0.2) is 0 Å². The molecule has 0 saturated heterocycles. The Morgan fingerprint density at radius 1 is 1.00 bits per heavy atom. The van der Waals surface area contributed by atoms with Crippen molar-refractivity contribution >= 4 is 34.3 Å². The molecule has 0 aliphatic heterocycles. The summed E-state index contributed by atoms with van der Waals surface area (Å²) in [6, 6.07) is 11.8. The quantitative estimate of drug-likeness (QED) is 0.240. The van der Waals surface area contributed by atoms with Gasteiger partial charge in [0.05, 0.1) is 23.9 Å². The number of pyridine rings is 1. The minimum Gasteiger partial charge on any atom is -0.496 e. The molecule has 0 aliphatic rings. The van der Waals surface area contributed by atoms with Crippen LogP contribution in [-0.4, -0.2) is 34.2 Å². The number of amides is 3. The lowest BCUT2D eigenvalue weighted by Crippen LogP contribution is -2.19. The van der Waals surface area contributed by atoms with E-state index in [-0.39, 0.29) is 16.9 Å². The highest BCUT2D eigenvalue weighted by Crippen LogP contribution is 2.37. The van der Waals surface area contributed by atoms with E-state index < -0.39 is 11.9 Å². The Morgan fingerprint density at radius 2 is 1.76 bits per heavy atom. The number of hydrogen-bond donors (Lipinski definition) is 4.